The Morgan fingerprint density at radius 1 is 1.24 bits per heavy atom. The Morgan fingerprint density at radius 3 is 2.62 bits per heavy atom. The van der Waals surface area contributed by atoms with Gasteiger partial charge in [-0.05, 0) is 42.7 Å². The third-order valence-electron chi connectivity index (χ3n) is 3.27. The van der Waals surface area contributed by atoms with Crippen LogP contribution >= 0.6 is 11.6 Å². The second kappa shape index (κ2) is 7.25. The van der Waals surface area contributed by atoms with Crippen molar-refractivity contribution in [1.82, 2.24) is 5.32 Å². The molecule has 0 fully saturated rings. The number of nitrogens with one attached hydrogen (secondary N) is 1. The summed E-state index contributed by atoms with van der Waals surface area (Å²) in [5, 5.41) is 3.45. The number of nitrogens with two attached hydrogens (primary N) is 1. The normalized spacial score (nSPS) is 12.0. The lowest BCUT2D eigenvalue weighted by Gasteiger charge is -2.12. The van der Waals surface area contributed by atoms with E-state index < -0.39 is 0 Å². The number of amides is 1. The highest BCUT2D eigenvalue weighted by molar-refractivity contribution is 6.31. The van der Waals surface area contributed by atoms with E-state index in [0.717, 1.165) is 11.1 Å². The van der Waals surface area contributed by atoms with E-state index in [1.54, 1.807) is 6.07 Å². The average Bonchev–Trinajstić information content (AvgIpc) is 2.47. The van der Waals surface area contributed by atoms with Gasteiger partial charge < -0.3 is 11.1 Å². The molecule has 0 spiro atoms. The zero-order valence-corrected chi connectivity index (χ0v) is 12.7. The van der Waals surface area contributed by atoms with E-state index in [0.29, 0.717) is 23.6 Å². The van der Waals surface area contributed by atoms with E-state index in [-0.39, 0.29) is 11.9 Å². The van der Waals surface area contributed by atoms with Gasteiger partial charge in [-0.2, -0.15) is 0 Å². The van der Waals surface area contributed by atoms with Gasteiger partial charge in [0.25, 0.3) is 5.91 Å². The molecule has 0 aliphatic carbocycles. The number of halogens is 1. The molecule has 110 valence electrons. The first kappa shape index (κ1) is 15.5. The summed E-state index contributed by atoms with van der Waals surface area (Å²) in [5.74, 6) is -0.124. The Hall–Kier alpha value is -1.84. The third kappa shape index (κ3) is 4.59. The Balaban J connectivity index is 1.87. The van der Waals surface area contributed by atoms with Crippen molar-refractivity contribution >= 4 is 17.5 Å². The van der Waals surface area contributed by atoms with Gasteiger partial charge in [0, 0.05) is 23.2 Å². The molecule has 0 aromatic heterocycles. The number of carbonyl (C=O) groups is 1. The summed E-state index contributed by atoms with van der Waals surface area (Å²) in [6.45, 7) is 2.44. The van der Waals surface area contributed by atoms with Gasteiger partial charge in [0.15, 0.2) is 0 Å². The molecule has 0 heterocycles. The minimum absolute atomic E-state index is 0.0763. The van der Waals surface area contributed by atoms with Gasteiger partial charge in [-0.1, -0.05) is 41.9 Å². The zero-order chi connectivity index (χ0) is 15.2. The minimum atomic E-state index is -0.124. The molecule has 1 unspecified atom stereocenters. The van der Waals surface area contributed by atoms with Crippen LogP contribution in [-0.4, -0.2) is 12.5 Å². The predicted molar refractivity (Wildman–Crippen MR) is 86.5 cm³/mol. The van der Waals surface area contributed by atoms with Crippen molar-refractivity contribution in [2.24, 2.45) is 5.73 Å². The first-order valence-corrected chi connectivity index (χ1v) is 7.30. The number of hydrogen-bond donors (Lipinski definition) is 2. The maximum Gasteiger partial charge on any atom is 0.251 e. The lowest BCUT2D eigenvalue weighted by atomic mass is 10.0. The van der Waals surface area contributed by atoms with Crippen LogP contribution in [0.4, 0.5) is 0 Å². The van der Waals surface area contributed by atoms with Gasteiger partial charge in [0.1, 0.15) is 0 Å². The number of hydrogen-bond acceptors (Lipinski definition) is 2. The van der Waals surface area contributed by atoms with E-state index in [4.69, 9.17) is 17.3 Å². The number of aryl methyl sites for hydroxylation is 1. The Morgan fingerprint density at radius 2 is 1.95 bits per heavy atom. The summed E-state index contributed by atoms with van der Waals surface area (Å²) in [6, 6.07) is 15.1. The predicted octanol–water partition coefficient (Wildman–Crippen LogP) is 3.47. The van der Waals surface area contributed by atoms with Crippen molar-refractivity contribution in [3.8, 4) is 0 Å². The van der Waals surface area contributed by atoms with E-state index >= 15 is 0 Å². The summed E-state index contributed by atoms with van der Waals surface area (Å²) >= 11 is 5.96. The first-order valence-electron chi connectivity index (χ1n) is 6.92. The van der Waals surface area contributed by atoms with Crippen molar-refractivity contribution < 1.29 is 4.79 Å². The Bertz CT molecular complexity index is 593. The van der Waals surface area contributed by atoms with Gasteiger partial charge in [-0.15, -0.1) is 0 Å². The summed E-state index contributed by atoms with van der Waals surface area (Å²) in [4.78, 5) is 12.1. The number of benzene rings is 2. The molecule has 21 heavy (non-hydrogen) atoms. The highest BCUT2D eigenvalue weighted by Crippen LogP contribution is 2.15. The van der Waals surface area contributed by atoms with Crippen LogP contribution in [0.15, 0.2) is 48.5 Å². The third-order valence-corrected chi connectivity index (χ3v) is 3.49. The minimum Gasteiger partial charge on any atom is -0.352 e. The van der Waals surface area contributed by atoms with E-state index in [2.05, 4.69) is 5.32 Å². The fourth-order valence-electron chi connectivity index (χ4n) is 2.18. The highest BCUT2D eigenvalue weighted by atomic mass is 35.5. The molecule has 2 aromatic rings. The van der Waals surface area contributed by atoms with E-state index in [1.165, 1.54) is 0 Å². The van der Waals surface area contributed by atoms with E-state index in [1.807, 2.05) is 49.4 Å². The molecule has 2 rings (SSSR count). The summed E-state index contributed by atoms with van der Waals surface area (Å²) in [7, 11) is 0. The van der Waals surface area contributed by atoms with Gasteiger partial charge in [-0.3, -0.25) is 4.79 Å². The fourth-order valence-corrected chi connectivity index (χ4v) is 2.47. The molecule has 3 nitrogen and oxygen atoms in total. The molecule has 0 radical (unpaired) electrons. The van der Waals surface area contributed by atoms with Gasteiger partial charge in [-0.25, -0.2) is 0 Å². The molecule has 0 aliphatic rings. The maximum atomic E-state index is 12.1. The zero-order valence-electron chi connectivity index (χ0n) is 12.0. The second-order valence-corrected chi connectivity index (χ2v) is 5.52. The van der Waals surface area contributed by atoms with Crippen LogP contribution in [0.25, 0.3) is 0 Å². The Labute approximate surface area is 130 Å². The standard InChI is InChI=1S/C17H19ClN2O/c1-12-9-14(11-15(18)10-12)17(21)20-8-7-16(19)13-5-3-2-4-6-13/h2-6,9-11,16H,7-8,19H2,1H3,(H,20,21). The van der Waals surface area contributed by atoms with Crippen molar-refractivity contribution in [3.63, 3.8) is 0 Å². The Kier molecular flexibility index (Phi) is 5.37. The van der Waals surface area contributed by atoms with Crippen LogP contribution in [0.1, 0.15) is 33.9 Å². The summed E-state index contributed by atoms with van der Waals surface area (Å²) < 4.78 is 0. The number of rotatable bonds is 5. The smallest absolute Gasteiger partial charge is 0.251 e. The molecule has 4 heteroatoms. The first-order chi connectivity index (χ1) is 10.1. The van der Waals surface area contributed by atoms with E-state index in [9.17, 15) is 4.79 Å². The molecule has 0 aliphatic heterocycles. The van der Waals surface area contributed by atoms with Crippen molar-refractivity contribution in [2.75, 3.05) is 6.54 Å². The second-order valence-electron chi connectivity index (χ2n) is 5.08. The fraction of sp³-hybridized carbons (Fsp3) is 0.235. The molecule has 1 atom stereocenters. The largest absolute Gasteiger partial charge is 0.352 e. The molecule has 0 saturated heterocycles. The molecule has 3 N–H and O–H groups in total. The SMILES string of the molecule is Cc1cc(Cl)cc(C(=O)NCCC(N)c2ccccc2)c1. The molecule has 1 amide bonds. The van der Waals surface area contributed by atoms with Crippen LogP contribution in [0.2, 0.25) is 5.02 Å². The van der Waals surface area contributed by atoms with Crippen LogP contribution < -0.4 is 11.1 Å². The van der Waals surface area contributed by atoms with Crippen LogP contribution in [0.3, 0.4) is 0 Å². The lowest BCUT2D eigenvalue weighted by molar-refractivity contribution is 0.0952. The monoisotopic (exact) mass is 302 g/mol. The van der Waals surface area contributed by atoms with Crippen molar-refractivity contribution in [2.45, 2.75) is 19.4 Å². The highest BCUT2D eigenvalue weighted by Gasteiger charge is 2.09. The van der Waals surface area contributed by atoms with Crippen LogP contribution in [0, 0.1) is 6.92 Å². The van der Waals surface area contributed by atoms with Gasteiger partial charge >= 0.3 is 0 Å². The molecular weight excluding hydrogens is 284 g/mol. The average molecular weight is 303 g/mol. The van der Waals surface area contributed by atoms with Crippen molar-refractivity contribution in [3.05, 3.63) is 70.2 Å². The number of carbonyl (C=O) groups excluding carboxylic acids is 1. The molecule has 0 bridgehead atoms. The van der Waals surface area contributed by atoms with Crippen molar-refractivity contribution in [1.29, 1.82) is 0 Å². The quantitative estimate of drug-likeness (QED) is 0.888. The van der Waals surface area contributed by atoms with Gasteiger partial charge in [0.2, 0.25) is 0 Å². The molecule has 0 saturated carbocycles. The molecule has 2 aromatic carbocycles. The van der Waals surface area contributed by atoms with Crippen LogP contribution in [0.5, 0.6) is 0 Å². The van der Waals surface area contributed by atoms with Crippen LogP contribution in [-0.2, 0) is 0 Å². The molecular formula is C17H19ClN2O. The topological polar surface area (TPSA) is 55.1 Å². The lowest BCUT2D eigenvalue weighted by Crippen LogP contribution is -2.27. The van der Waals surface area contributed by atoms with Gasteiger partial charge in [0.05, 0.1) is 0 Å². The summed E-state index contributed by atoms with van der Waals surface area (Å²) in [5.41, 5.74) is 8.71. The summed E-state index contributed by atoms with van der Waals surface area (Å²) in [6.07, 6.45) is 0.690. The maximum absolute atomic E-state index is 12.1.